The van der Waals surface area contributed by atoms with Crippen LogP contribution in [0.4, 0.5) is 0 Å². The minimum Gasteiger partial charge on any atom is -0.370 e. The van der Waals surface area contributed by atoms with Gasteiger partial charge in [-0.25, -0.2) is 0 Å². The summed E-state index contributed by atoms with van der Waals surface area (Å²) in [6.07, 6.45) is -1.06. The third-order valence-corrected chi connectivity index (χ3v) is 2.32. The normalized spacial score (nSPS) is 13.9. The first kappa shape index (κ1) is 16.4. The third kappa shape index (κ3) is 5.12. The predicted octanol–water partition coefficient (Wildman–Crippen LogP) is -0.498. The Morgan fingerprint density at radius 1 is 1.22 bits per heavy atom. The third-order valence-electron chi connectivity index (χ3n) is 2.32. The van der Waals surface area contributed by atoms with Crippen molar-refractivity contribution in [3.63, 3.8) is 0 Å². The first-order chi connectivity index (χ1) is 8.47. The lowest BCUT2D eigenvalue weighted by molar-refractivity contribution is -0.178. The van der Waals surface area contributed by atoms with Crippen molar-refractivity contribution < 1.29 is 19.1 Å². The second-order valence-electron chi connectivity index (χ2n) is 3.62. The standard InChI is InChI=1S/C11H19N3O4/c1-3-17-11(18-4-2)7(5-9(13)15)8(6-12)10(14)16/h7-8,11H,3-5H2,1-2H3,(H2,13,15)(H2,14,16). The van der Waals surface area contributed by atoms with Crippen LogP contribution in [0, 0.1) is 23.2 Å². The Kier molecular flexibility index (Phi) is 7.67. The summed E-state index contributed by atoms with van der Waals surface area (Å²) in [4.78, 5) is 22.2. The SMILES string of the molecule is CCOC(OCC)C(CC(N)=O)C(C#N)C(N)=O. The van der Waals surface area contributed by atoms with E-state index in [2.05, 4.69) is 0 Å². The number of hydrogen-bond donors (Lipinski definition) is 2. The maximum Gasteiger partial charge on any atom is 0.235 e. The van der Waals surface area contributed by atoms with Crippen molar-refractivity contribution in [3.05, 3.63) is 0 Å². The molecule has 2 amide bonds. The van der Waals surface area contributed by atoms with E-state index in [4.69, 9.17) is 26.2 Å². The van der Waals surface area contributed by atoms with Gasteiger partial charge in [0.1, 0.15) is 5.92 Å². The Hall–Kier alpha value is -1.65. The first-order valence-electron chi connectivity index (χ1n) is 5.68. The minimum atomic E-state index is -1.18. The van der Waals surface area contributed by atoms with Crippen LogP contribution in [-0.2, 0) is 19.1 Å². The molecule has 0 aromatic heterocycles. The summed E-state index contributed by atoms with van der Waals surface area (Å²) in [7, 11) is 0. The Labute approximate surface area is 106 Å². The molecule has 0 aliphatic carbocycles. The van der Waals surface area contributed by atoms with Gasteiger partial charge in [0, 0.05) is 25.6 Å². The fourth-order valence-corrected chi connectivity index (χ4v) is 1.60. The molecule has 0 aliphatic rings. The predicted molar refractivity (Wildman–Crippen MR) is 62.6 cm³/mol. The summed E-state index contributed by atoms with van der Waals surface area (Å²) in [6.45, 7) is 4.10. The number of amides is 2. The molecule has 7 nitrogen and oxygen atoms in total. The van der Waals surface area contributed by atoms with Crippen LogP contribution < -0.4 is 11.5 Å². The Morgan fingerprint density at radius 3 is 2.00 bits per heavy atom. The Bertz CT molecular complexity index is 321. The topological polar surface area (TPSA) is 128 Å². The highest BCUT2D eigenvalue weighted by molar-refractivity contribution is 5.81. The number of nitrogens with zero attached hydrogens (tertiary/aromatic N) is 1. The quantitative estimate of drug-likeness (QED) is 0.538. The van der Waals surface area contributed by atoms with E-state index in [1.165, 1.54) is 0 Å². The molecule has 18 heavy (non-hydrogen) atoms. The fourth-order valence-electron chi connectivity index (χ4n) is 1.60. The van der Waals surface area contributed by atoms with E-state index < -0.39 is 29.9 Å². The average Bonchev–Trinajstić information content (AvgIpc) is 2.27. The van der Waals surface area contributed by atoms with Crippen LogP contribution in [0.25, 0.3) is 0 Å². The van der Waals surface area contributed by atoms with Gasteiger partial charge < -0.3 is 20.9 Å². The summed E-state index contributed by atoms with van der Waals surface area (Å²) < 4.78 is 10.6. The van der Waals surface area contributed by atoms with Crippen LogP contribution >= 0.6 is 0 Å². The smallest absolute Gasteiger partial charge is 0.235 e. The number of nitriles is 1. The van der Waals surface area contributed by atoms with E-state index in [9.17, 15) is 9.59 Å². The van der Waals surface area contributed by atoms with Gasteiger partial charge in [-0.2, -0.15) is 5.26 Å². The highest BCUT2D eigenvalue weighted by Gasteiger charge is 2.35. The fraction of sp³-hybridized carbons (Fsp3) is 0.727. The van der Waals surface area contributed by atoms with Crippen LogP contribution in [0.15, 0.2) is 0 Å². The number of ether oxygens (including phenoxy) is 2. The van der Waals surface area contributed by atoms with E-state index in [0.717, 1.165) is 0 Å². The van der Waals surface area contributed by atoms with Gasteiger partial charge in [-0.1, -0.05) is 0 Å². The van der Waals surface area contributed by atoms with Gasteiger partial charge in [-0.3, -0.25) is 9.59 Å². The first-order valence-corrected chi connectivity index (χ1v) is 5.68. The van der Waals surface area contributed by atoms with E-state index in [1.807, 2.05) is 0 Å². The van der Waals surface area contributed by atoms with Crippen LogP contribution in [0.1, 0.15) is 20.3 Å². The van der Waals surface area contributed by atoms with Gasteiger partial charge in [0.25, 0.3) is 0 Å². The Morgan fingerprint density at radius 2 is 1.72 bits per heavy atom. The molecule has 2 unspecified atom stereocenters. The van der Waals surface area contributed by atoms with Gasteiger partial charge in [0.15, 0.2) is 6.29 Å². The van der Waals surface area contributed by atoms with Crippen LogP contribution in [0.3, 0.4) is 0 Å². The van der Waals surface area contributed by atoms with Crippen LogP contribution in [-0.4, -0.2) is 31.3 Å². The summed E-state index contributed by atoms with van der Waals surface area (Å²) >= 11 is 0. The summed E-state index contributed by atoms with van der Waals surface area (Å²) in [5.41, 5.74) is 10.2. The van der Waals surface area contributed by atoms with Crippen LogP contribution in [0.5, 0.6) is 0 Å². The number of nitrogens with two attached hydrogens (primary N) is 2. The minimum absolute atomic E-state index is 0.203. The van der Waals surface area contributed by atoms with E-state index in [-0.39, 0.29) is 6.42 Å². The maximum absolute atomic E-state index is 11.2. The van der Waals surface area contributed by atoms with Crippen molar-refractivity contribution in [1.29, 1.82) is 5.26 Å². The van der Waals surface area contributed by atoms with Crippen molar-refractivity contribution in [2.75, 3.05) is 13.2 Å². The zero-order valence-electron chi connectivity index (χ0n) is 10.6. The molecule has 0 heterocycles. The lowest BCUT2D eigenvalue weighted by atomic mass is 9.89. The molecule has 0 saturated heterocycles. The molecule has 0 aromatic rings. The van der Waals surface area contributed by atoms with Crippen molar-refractivity contribution in [1.82, 2.24) is 0 Å². The molecule has 102 valence electrons. The zero-order chi connectivity index (χ0) is 14.1. The monoisotopic (exact) mass is 257 g/mol. The molecule has 0 rings (SSSR count). The second-order valence-corrected chi connectivity index (χ2v) is 3.62. The number of hydrogen-bond acceptors (Lipinski definition) is 5. The maximum atomic E-state index is 11.2. The molecule has 0 saturated carbocycles. The molecule has 0 aliphatic heterocycles. The highest BCUT2D eigenvalue weighted by Crippen LogP contribution is 2.23. The van der Waals surface area contributed by atoms with E-state index in [0.29, 0.717) is 13.2 Å². The molecular formula is C11H19N3O4. The van der Waals surface area contributed by atoms with Gasteiger partial charge in [-0.15, -0.1) is 0 Å². The molecule has 7 heteroatoms. The van der Waals surface area contributed by atoms with Crippen molar-refractivity contribution in [2.24, 2.45) is 23.3 Å². The largest absolute Gasteiger partial charge is 0.370 e. The van der Waals surface area contributed by atoms with Crippen molar-refractivity contribution in [3.8, 4) is 6.07 Å². The number of carbonyl (C=O) groups excluding carboxylic acids is 2. The molecule has 0 bridgehead atoms. The van der Waals surface area contributed by atoms with Gasteiger partial charge >= 0.3 is 0 Å². The van der Waals surface area contributed by atoms with Crippen molar-refractivity contribution in [2.45, 2.75) is 26.6 Å². The lowest BCUT2D eigenvalue weighted by Crippen LogP contribution is -2.40. The molecule has 0 radical (unpaired) electrons. The molecule has 0 spiro atoms. The molecular weight excluding hydrogens is 238 g/mol. The second kappa shape index (κ2) is 8.44. The molecule has 0 fully saturated rings. The molecule has 2 atom stereocenters. The van der Waals surface area contributed by atoms with Crippen LogP contribution in [0.2, 0.25) is 0 Å². The summed E-state index contributed by atoms with van der Waals surface area (Å²) in [5, 5.41) is 8.95. The Balaban J connectivity index is 5.08. The number of carbonyl (C=O) groups is 2. The number of primary amides is 2. The highest BCUT2D eigenvalue weighted by atomic mass is 16.7. The van der Waals surface area contributed by atoms with Crippen molar-refractivity contribution >= 4 is 11.8 Å². The van der Waals surface area contributed by atoms with Gasteiger partial charge in [0.05, 0.1) is 6.07 Å². The van der Waals surface area contributed by atoms with E-state index >= 15 is 0 Å². The van der Waals surface area contributed by atoms with E-state index in [1.54, 1.807) is 19.9 Å². The average molecular weight is 257 g/mol. The summed E-state index contributed by atoms with van der Waals surface area (Å²) in [5.74, 6) is -3.45. The molecule has 0 aromatic carbocycles. The van der Waals surface area contributed by atoms with Gasteiger partial charge in [-0.05, 0) is 13.8 Å². The summed E-state index contributed by atoms with van der Waals surface area (Å²) in [6, 6.07) is 1.76. The zero-order valence-corrected chi connectivity index (χ0v) is 10.6. The van der Waals surface area contributed by atoms with Gasteiger partial charge in [0.2, 0.25) is 11.8 Å². The number of rotatable bonds is 9. The lowest BCUT2D eigenvalue weighted by Gasteiger charge is -2.27. The molecule has 4 N–H and O–H groups in total.